The van der Waals surface area contributed by atoms with E-state index in [0.717, 1.165) is 31.0 Å². The molecule has 4 heteroatoms. The largest absolute Gasteiger partial charge is 0.376 e. The van der Waals surface area contributed by atoms with Crippen LogP contribution in [0.1, 0.15) is 32.6 Å². The quantitative estimate of drug-likeness (QED) is 0.788. The third kappa shape index (κ3) is 3.66. The van der Waals surface area contributed by atoms with E-state index in [4.69, 9.17) is 4.74 Å². The summed E-state index contributed by atoms with van der Waals surface area (Å²) in [5.41, 5.74) is 0. The van der Waals surface area contributed by atoms with E-state index in [-0.39, 0.29) is 0 Å². The second-order valence-corrected chi connectivity index (χ2v) is 7.63. The predicted octanol–water partition coefficient (Wildman–Crippen LogP) is 2.07. The number of ether oxygens (including phenoxy) is 1. The lowest BCUT2D eigenvalue weighted by molar-refractivity contribution is -0.0221. The number of hydrogen-bond acceptors (Lipinski definition) is 4. The zero-order valence-electron chi connectivity index (χ0n) is 12.2. The molecule has 19 heavy (non-hydrogen) atoms. The summed E-state index contributed by atoms with van der Waals surface area (Å²) in [5, 5.41) is 0.936. The van der Waals surface area contributed by atoms with Crippen molar-refractivity contribution in [3.05, 3.63) is 0 Å². The molecule has 0 radical (unpaired) electrons. The Bertz CT molecular complexity index is 287. The lowest BCUT2D eigenvalue weighted by atomic mass is 9.93. The molecule has 1 aliphatic carbocycles. The molecular formula is C15H28N2OS. The Morgan fingerprint density at radius 1 is 1.16 bits per heavy atom. The van der Waals surface area contributed by atoms with E-state index < -0.39 is 0 Å². The Labute approximate surface area is 122 Å². The average molecular weight is 284 g/mol. The Morgan fingerprint density at radius 3 is 2.95 bits per heavy atom. The third-order valence-corrected chi connectivity index (χ3v) is 6.27. The number of rotatable bonds is 3. The van der Waals surface area contributed by atoms with Crippen molar-refractivity contribution in [3.8, 4) is 0 Å². The van der Waals surface area contributed by atoms with Crippen molar-refractivity contribution >= 4 is 11.8 Å². The van der Waals surface area contributed by atoms with E-state index in [1.807, 2.05) is 0 Å². The summed E-state index contributed by atoms with van der Waals surface area (Å²) < 4.78 is 5.63. The van der Waals surface area contributed by atoms with Crippen LogP contribution in [0.3, 0.4) is 0 Å². The topological polar surface area (TPSA) is 15.7 Å². The first-order valence-corrected chi connectivity index (χ1v) is 9.07. The van der Waals surface area contributed by atoms with Gasteiger partial charge in [0, 0.05) is 49.8 Å². The molecule has 0 N–H and O–H groups in total. The van der Waals surface area contributed by atoms with Gasteiger partial charge in [-0.25, -0.2) is 0 Å². The molecule has 2 aliphatic heterocycles. The van der Waals surface area contributed by atoms with E-state index in [1.54, 1.807) is 0 Å². The molecule has 110 valence electrons. The average Bonchev–Trinajstić information content (AvgIpc) is 2.45. The minimum absolute atomic E-state index is 0.424. The van der Waals surface area contributed by atoms with E-state index in [0.29, 0.717) is 6.10 Å². The van der Waals surface area contributed by atoms with Gasteiger partial charge >= 0.3 is 0 Å². The summed E-state index contributed by atoms with van der Waals surface area (Å²) in [6, 6.07) is 0.881. The second-order valence-electron chi connectivity index (χ2n) is 6.28. The predicted molar refractivity (Wildman–Crippen MR) is 81.9 cm³/mol. The lowest BCUT2D eigenvalue weighted by Crippen LogP contribution is -2.52. The Kier molecular flexibility index (Phi) is 5.07. The van der Waals surface area contributed by atoms with E-state index in [2.05, 4.69) is 28.5 Å². The minimum Gasteiger partial charge on any atom is -0.376 e. The highest BCUT2D eigenvalue weighted by atomic mass is 32.2. The molecule has 0 amide bonds. The van der Waals surface area contributed by atoms with Crippen molar-refractivity contribution in [3.63, 3.8) is 0 Å². The van der Waals surface area contributed by atoms with Gasteiger partial charge < -0.3 is 4.74 Å². The summed E-state index contributed by atoms with van der Waals surface area (Å²) in [6.45, 7) is 9.18. The molecule has 0 aromatic carbocycles. The fourth-order valence-corrected chi connectivity index (χ4v) is 5.32. The Morgan fingerprint density at radius 2 is 2.05 bits per heavy atom. The van der Waals surface area contributed by atoms with Crippen LogP contribution in [0.4, 0.5) is 0 Å². The number of hydrogen-bond donors (Lipinski definition) is 0. The lowest BCUT2D eigenvalue weighted by Gasteiger charge is -2.44. The molecule has 3 rings (SSSR count). The summed E-state index contributed by atoms with van der Waals surface area (Å²) in [7, 11) is 0. The first-order chi connectivity index (χ1) is 9.33. The molecule has 2 saturated heterocycles. The van der Waals surface area contributed by atoms with Crippen molar-refractivity contribution in [2.75, 3.05) is 45.1 Å². The highest BCUT2D eigenvalue weighted by Crippen LogP contribution is 2.35. The molecule has 0 spiro atoms. The molecular weight excluding hydrogens is 256 g/mol. The summed E-state index contributed by atoms with van der Waals surface area (Å²) in [5.74, 6) is 1.35. The number of nitrogens with zero attached hydrogens (tertiary/aromatic N) is 2. The summed E-state index contributed by atoms with van der Waals surface area (Å²) in [6.07, 6.45) is 6.24. The van der Waals surface area contributed by atoms with Crippen LogP contribution < -0.4 is 0 Å². The maximum Gasteiger partial charge on any atom is 0.0674 e. The van der Waals surface area contributed by atoms with Gasteiger partial charge in [-0.15, -0.1) is 0 Å². The zero-order chi connectivity index (χ0) is 13.1. The van der Waals surface area contributed by atoms with Crippen LogP contribution in [0.5, 0.6) is 0 Å². The van der Waals surface area contributed by atoms with Gasteiger partial charge in [-0.2, -0.15) is 11.8 Å². The number of morpholine rings is 1. The first kappa shape index (κ1) is 14.2. The standard InChI is InChI=1S/C15H28N2OS/c1-13-12-16(8-10-18-13)6-7-17-9-11-19-15-5-3-2-4-14(15)17/h13-15H,2-12H2,1H3/t13-,14-,15+/m1/s1. The summed E-state index contributed by atoms with van der Waals surface area (Å²) in [4.78, 5) is 5.38. The highest BCUT2D eigenvalue weighted by molar-refractivity contribution is 8.00. The smallest absolute Gasteiger partial charge is 0.0674 e. The van der Waals surface area contributed by atoms with Crippen molar-refractivity contribution < 1.29 is 4.74 Å². The van der Waals surface area contributed by atoms with Gasteiger partial charge in [-0.1, -0.05) is 12.8 Å². The van der Waals surface area contributed by atoms with Crippen LogP contribution >= 0.6 is 11.8 Å². The van der Waals surface area contributed by atoms with Crippen LogP contribution in [0.15, 0.2) is 0 Å². The van der Waals surface area contributed by atoms with Crippen LogP contribution in [0.2, 0.25) is 0 Å². The van der Waals surface area contributed by atoms with Gasteiger partial charge in [-0.3, -0.25) is 9.80 Å². The summed E-state index contributed by atoms with van der Waals surface area (Å²) >= 11 is 2.24. The minimum atomic E-state index is 0.424. The molecule has 3 aliphatic rings. The monoisotopic (exact) mass is 284 g/mol. The first-order valence-electron chi connectivity index (χ1n) is 8.02. The zero-order valence-corrected chi connectivity index (χ0v) is 13.0. The third-order valence-electron chi connectivity index (χ3n) is 4.88. The van der Waals surface area contributed by atoms with Crippen molar-refractivity contribution in [1.29, 1.82) is 0 Å². The van der Waals surface area contributed by atoms with Gasteiger partial charge in [0.15, 0.2) is 0 Å². The van der Waals surface area contributed by atoms with Gasteiger partial charge in [0.1, 0.15) is 0 Å². The molecule has 0 unspecified atom stereocenters. The van der Waals surface area contributed by atoms with Crippen LogP contribution in [0.25, 0.3) is 0 Å². The van der Waals surface area contributed by atoms with Crippen LogP contribution in [-0.4, -0.2) is 72.3 Å². The highest BCUT2D eigenvalue weighted by Gasteiger charge is 2.33. The Balaban J connectivity index is 1.48. The molecule has 3 atom stereocenters. The van der Waals surface area contributed by atoms with Crippen LogP contribution in [0, 0.1) is 0 Å². The Hall–Kier alpha value is 0.230. The fraction of sp³-hybridized carbons (Fsp3) is 1.00. The van der Waals surface area contributed by atoms with Crippen molar-refractivity contribution in [2.45, 2.75) is 50.0 Å². The molecule has 1 saturated carbocycles. The maximum atomic E-state index is 5.63. The van der Waals surface area contributed by atoms with E-state index >= 15 is 0 Å². The van der Waals surface area contributed by atoms with Gasteiger partial charge in [0.2, 0.25) is 0 Å². The number of thioether (sulfide) groups is 1. The maximum absolute atomic E-state index is 5.63. The van der Waals surface area contributed by atoms with Gasteiger partial charge in [-0.05, 0) is 19.8 Å². The number of fused-ring (bicyclic) bond motifs is 1. The van der Waals surface area contributed by atoms with Crippen molar-refractivity contribution in [1.82, 2.24) is 9.80 Å². The van der Waals surface area contributed by atoms with E-state index in [9.17, 15) is 0 Å². The SMILES string of the molecule is C[C@@H]1CN(CCN2CCS[C@H]3CCCC[C@H]32)CCO1. The normalized spacial score (nSPS) is 38.1. The molecule has 2 heterocycles. The van der Waals surface area contributed by atoms with Crippen LogP contribution in [-0.2, 0) is 4.74 Å². The second kappa shape index (κ2) is 6.79. The molecule has 3 nitrogen and oxygen atoms in total. The van der Waals surface area contributed by atoms with E-state index in [1.165, 1.54) is 51.1 Å². The fourth-order valence-electron chi connectivity index (χ4n) is 3.82. The van der Waals surface area contributed by atoms with Gasteiger partial charge in [0.25, 0.3) is 0 Å². The van der Waals surface area contributed by atoms with Crippen molar-refractivity contribution in [2.24, 2.45) is 0 Å². The molecule has 0 bridgehead atoms. The molecule has 0 aromatic rings. The molecule has 3 fully saturated rings. The van der Waals surface area contributed by atoms with Gasteiger partial charge in [0.05, 0.1) is 12.7 Å². The molecule has 0 aromatic heterocycles.